The summed E-state index contributed by atoms with van der Waals surface area (Å²) >= 11 is 0. The number of carboxylic acid groups (broad SMARTS) is 1. The van der Waals surface area contributed by atoms with Crippen LogP contribution in [0, 0.1) is 5.82 Å². The standard InChI is InChI=1S/C20H22FNO6/c1-26-16-6-4-12(8-14(16)21)9-19(23)22-15(11-20(24)25)13-5-7-17(27-2)18(10-13)28-3/h4-8,10,15H,9,11H2,1-3H3,(H,22,23)(H,24,25). The molecule has 2 rings (SSSR count). The maximum absolute atomic E-state index is 13.8. The van der Waals surface area contributed by atoms with Gasteiger partial charge >= 0.3 is 5.97 Å². The Balaban J connectivity index is 2.18. The van der Waals surface area contributed by atoms with E-state index in [1.165, 1.54) is 33.5 Å². The van der Waals surface area contributed by atoms with Crippen LogP contribution in [-0.2, 0) is 16.0 Å². The Bertz CT molecular complexity index is 855. The zero-order chi connectivity index (χ0) is 20.7. The summed E-state index contributed by atoms with van der Waals surface area (Å²) in [5, 5.41) is 11.9. The number of benzene rings is 2. The highest BCUT2D eigenvalue weighted by Crippen LogP contribution is 2.31. The first-order chi connectivity index (χ1) is 13.4. The molecule has 0 saturated carbocycles. The van der Waals surface area contributed by atoms with Crippen molar-refractivity contribution in [2.75, 3.05) is 21.3 Å². The van der Waals surface area contributed by atoms with Crippen LogP contribution in [0.15, 0.2) is 36.4 Å². The van der Waals surface area contributed by atoms with Crippen LogP contribution >= 0.6 is 0 Å². The van der Waals surface area contributed by atoms with E-state index in [0.29, 0.717) is 22.6 Å². The normalized spacial score (nSPS) is 11.4. The summed E-state index contributed by atoms with van der Waals surface area (Å²) in [4.78, 5) is 23.7. The van der Waals surface area contributed by atoms with E-state index in [1.54, 1.807) is 24.3 Å². The van der Waals surface area contributed by atoms with Crippen molar-refractivity contribution in [3.8, 4) is 17.2 Å². The van der Waals surface area contributed by atoms with Crippen molar-refractivity contribution in [1.82, 2.24) is 5.32 Å². The fourth-order valence-electron chi connectivity index (χ4n) is 2.75. The van der Waals surface area contributed by atoms with Gasteiger partial charge in [-0.3, -0.25) is 9.59 Å². The van der Waals surface area contributed by atoms with Gasteiger partial charge in [-0.1, -0.05) is 12.1 Å². The summed E-state index contributed by atoms with van der Waals surface area (Å²) in [5.41, 5.74) is 0.992. The molecule has 8 heteroatoms. The van der Waals surface area contributed by atoms with Crippen LogP contribution in [0.2, 0.25) is 0 Å². The molecule has 0 heterocycles. The van der Waals surface area contributed by atoms with Gasteiger partial charge in [0.1, 0.15) is 0 Å². The maximum atomic E-state index is 13.8. The third-order valence-corrected chi connectivity index (χ3v) is 4.10. The van der Waals surface area contributed by atoms with E-state index in [0.717, 1.165) is 0 Å². The number of carbonyl (C=O) groups excluding carboxylic acids is 1. The predicted molar refractivity (Wildman–Crippen MR) is 99.3 cm³/mol. The summed E-state index contributed by atoms with van der Waals surface area (Å²) in [6.45, 7) is 0. The minimum atomic E-state index is -1.07. The van der Waals surface area contributed by atoms with E-state index in [9.17, 15) is 19.1 Å². The molecule has 0 aliphatic heterocycles. The largest absolute Gasteiger partial charge is 0.494 e. The van der Waals surface area contributed by atoms with E-state index >= 15 is 0 Å². The summed E-state index contributed by atoms with van der Waals surface area (Å²) in [6, 6.07) is 8.33. The zero-order valence-electron chi connectivity index (χ0n) is 15.8. The van der Waals surface area contributed by atoms with Crippen LogP contribution in [0.4, 0.5) is 4.39 Å². The molecule has 0 radical (unpaired) electrons. The van der Waals surface area contributed by atoms with Crippen LogP contribution in [0.1, 0.15) is 23.6 Å². The van der Waals surface area contributed by atoms with Gasteiger partial charge in [0.2, 0.25) is 5.91 Å². The van der Waals surface area contributed by atoms with Crippen molar-refractivity contribution in [2.24, 2.45) is 0 Å². The second kappa shape index (κ2) is 9.59. The van der Waals surface area contributed by atoms with E-state index in [4.69, 9.17) is 14.2 Å². The zero-order valence-corrected chi connectivity index (χ0v) is 15.8. The number of nitrogens with one attached hydrogen (secondary N) is 1. The third kappa shape index (κ3) is 5.35. The summed E-state index contributed by atoms with van der Waals surface area (Å²) < 4.78 is 29.0. The molecule has 1 unspecified atom stereocenters. The summed E-state index contributed by atoms with van der Waals surface area (Å²) in [7, 11) is 4.30. The monoisotopic (exact) mass is 391 g/mol. The number of carbonyl (C=O) groups is 2. The van der Waals surface area contributed by atoms with Crippen molar-refractivity contribution in [3.05, 3.63) is 53.3 Å². The Morgan fingerprint density at radius 1 is 1.00 bits per heavy atom. The van der Waals surface area contributed by atoms with Crippen molar-refractivity contribution >= 4 is 11.9 Å². The van der Waals surface area contributed by atoms with Gasteiger partial charge in [-0.05, 0) is 35.4 Å². The molecule has 2 aromatic carbocycles. The molecule has 0 saturated heterocycles. The Morgan fingerprint density at radius 3 is 2.21 bits per heavy atom. The van der Waals surface area contributed by atoms with Crippen LogP contribution in [0.3, 0.4) is 0 Å². The van der Waals surface area contributed by atoms with Crippen LogP contribution in [-0.4, -0.2) is 38.3 Å². The molecule has 1 atom stereocenters. The van der Waals surface area contributed by atoms with Gasteiger partial charge in [-0.15, -0.1) is 0 Å². The lowest BCUT2D eigenvalue weighted by atomic mass is 10.0. The smallest absolute Gasteiger partial charge is 0.305 e. The molecule has 150 valence electrons. The number of aliphatic carboxylic acids is 1. The number of carboxylic acids is 1. The first kappa shape index (κ1) is 21.0. The second-order valence-corrected chi connectivity index (χ2v) is 5.98. The second-order valence-electron chi connectivity index (χ2n) is 5.98. The predicted octanol–water partition coefficient (Wildman–Crippen LogP) is 2.73. The third-order valence-electron chi connectivity index (χ3n) is 4.10. The molecule has 0 spiro atoms. The topological polar surface area (TPSA) is 94.1 Å². The van der Waals surface area contributed by atoms with Gasteiger partial charge < -0.3 is 24.6 Å². The van der Waals surface area contributed by atoms with E-state index in [1.807, 2.05) is 0 Å². The molecule has 0 aromatic heterocycles. The Hall–Kier alpha value is -3.29. The minimum absolute atomic E-state index is 0.0817. The first-order valence-electron chi connectivity index (χ1n) is 8.43. The van der Waals surface area contributed by atoms with Crippen LogP contribution < -0.4 is 19.5 Å². The molecule has 2 N–H and O–H groups in total. The molecule has 7 nitrogen and oxygen atoms in total. The van der Waals surface area contributed by atoms with Gasteiger partial charge in [-0.25, -0.2) is 4.39 Å². The van der Waals surface area contributed by atoms with Gasteiger partial charge in [-0.2, -0.15) is 0 Å². The average Bonchev–Trinajstić information content (AvgIpc) is 2.66. The lowest BCUT2D eigenvalue weighted by molar-refractivity contribution is -0.137. The van der Waals surface area contributed by atoms with E-state index in [-0.39, 0.29) is 18.6 Å². The summed E-state index contributed by atoms with van der Waals surface area (Å²) in [6.07, 6.45) is -0.428. The van der Waals surface area contributed by atoms with Gasteiger partial charge in [0.15, 0.2) is 23.1 Å². The quantitative estimate of drug-likeness (QED) is 0.683. The Labute approximate surface area is 162 Å². The molecule has 1 amide bonds. The first-order valence-corrected chi connectivity index (χ1v) is 8.43. The number of hydrogen-bond donors (Lipinski definition) is 2. The highest BCUT2D eigenvalue weighted by molar-refractivity contribution is 5.80. The van der Waals surface area contributed by atoms with Crippen LogP contribution in [0.5, 0.6) is 17.2 Å². The molecule has 0 bridgehead atoms. The number of rotatable bonds is 9. The number of amides is 1. The molecule has 2 aromatic rings. The number of ether oxygens (including phenoxy) is 3. The Kier molecular flexibility index (Phi) is 7.20. The van der Waals surface area contributed by atoms with Crippen molar-refractivity contribution in [1.29, 1.82) is 0 Å². The van der Waals surface area contributed by atoms with E-state index in [2.05, 4.69) is 5.32 Å². The lowest BCUT2D eigenvalue weighted by Crippen LogP contribution is -2.31. The molecular weight excluding hydrogens is 369 g/mol. The maximum Gasteiger partial charge on any atom is 0.305 e. The SMILES string of the molecule is COc1ccc(CC(=O)NC(CC(=O)O)c2ccc(OC)c(OC)c2)cc1F. The molecule has 0 fully saturated rings. The highest BCUT2D eigenvalue weighted by atomic mass is 19.1. The number of methoxy groups -OCH3 is 3. The molecule has 0 aliphatic carbocycles. The highest BCUT2D eigenvalue weighted by Gasteiger charge is 2.20. The van der Waals surface area contributed by atoms with Gasteiger partial charge in [0, 0.05) is 0 Å². The summed E-state index contributed by atoms with van der Waals surface area (Å²) in [5.74, 6) is -1.10. The minimum Gasteiger partial charge on any atom is -0.494 e. The van der Waals surface area contributed by atoms with Crippen molar-refractivity contribution in [2.45, 2.75) is 18.9 Å². The number of halogens is 1. The average molecular weight is 391 g/mol. The lowest BCUT2D eigenvalue weighted by Gasteiger charge is -2.19. The van der Waals surface area contributed by atoms with Crippen LogP contribution in [0.25, 0.3) is 0 Å². The van der Waals surface area contributed by atoms with E-state index < -0.39 is 23.7 Å². The number of hydrogen-bond acceptors (Lipinski definition) is 5. The van der Waals surface area contributed by atoms with Crippen molar-refractivity contribution < 1.29 is 33.3 Å². The van der Waals surface area contributed by atoms with Gasteiger partial charge in [0.05, 0.1) is 40.2 Å². The molecular formula is C20H22FNO6. The molecule has 0 aliphatic rings. The molecule has 28 heavy (non-hydrogen) atoms. The Morgan fingerprint density at radius 2 is 1.64 bits per heavy atom. The fraction of sp³-hybridized carbons (Fsp3) is 0.300. The fourth-order valence-corrected chi connectivity index (χ4v) is 2.75. The van der Waals surface area contributed by atoms with Crippen molar-refractivity contribution in [3.63, 3.8) is 0 Å². The van der Waals surface area contributed by atoms with Gasteiger partial charge in [0.25, 0.3) is 0 Å².